The third kappa shape index (κ3) is 2.58. The Morgan fingerprint density at radius 2 is 1.43 bits per heavy atom. The average Bonchev–Trinajstić information content (AvgIpc) is 2.51. The van der Waals surface area contributed by atoms with E-state index in [9.17, 15) is 14.6 Å². The molecule has 0 atom stereocenters. The van der Waals surface area contributed by atoms with Crippen molar-refractivity contribution in [2.24, 2.45) is 0 Å². The van der Waals surface area contributed by atoms with Gasteiger partial charge in [0.2, 0.25) is 0 Å². The third-order valence-corrected chi connectivity index (χ3v) is 3.34. The number of aromatic hydroxyl groups is 2. The van der Waals surface area contributed by atoms with Gasteiger partial charge in [-0.3, -0.25) is 0 Å². The van der Waals surface area contributed by atoms with E-state index in [4.69, 9.17) is 0 Å². The Morgan fingerprint density at radius 1 is 0.667 bits per heavy atom. The normalized spacial score (nSPS) is 10.5. The van der Waals surface area contributed by atoms with Crippen LogP contribution in [0.4, 0.5) is 4.39 Å². The van der Waals surface area contributed by atoms with Gasteiger partial charge in [-0.15, -0.1) is 0 Å². The maximum Gasteiger partial charge on any atom is 0.131 e. The summed E-state index contributed by atoms with van der Waals surface area (Å²) in [7, 11) is 0. The Balaban J connectivity index is 2.17. The highest BCUT2D eigenvalue weighted by atomic mass is 19.1. The maximum absolute atomic E-state index is 14.1. The molecular weight excluding hydrogens is 267 g/mol. The molecule has 0 fully saturated rings. The molecule has 3 aromatic carbocycles. The zero-order valence-corrected chi connectivity index (χ0v) is 11.1. The number of rotatable bonds is 2. The lowest BCUT2D eigenvalue weighted by molar-refractivity contribution is 0.461. The van der Waals surface area contributed by atoms with E-state index in [0.717, 1.165) is 11.1 Å². The van der Waals surface area contributed by atoms with Crippen LogP contribution < -0.4 is 0 Å². The molecule has 0 unspecified atom stereocenters. The first-order chi connectivity index (χ1) is 10.1. The lowest BCUT2D eigenvalue weighted by Gasteiger charge is -2.09. The van der Waals surface area contributed by atoms with Gasteiger partial charge in [0, 0.05) is 11.1 Å². The first-order valence-electron chi connectivity index (χ1n) is 6.52. The molecule has 0 bridgehead atoms. The van der Waals surface area contributed by atoms with Gasteiger partial charge in [-0.2, -0.15) is 0 Å². The molecule has 0 radical (unpaired) electrons. The monoisotopic (exact) mass is 280 g/mol. The molecule has 0 aliphatic carbocycles. The maximum atomic E-state index is 14.1. The summed E-state index contributed by atoms with van der Waals surface area (Å²) in [5.74, 6) is -0.542. The largest absolute Gasteiger partial charge is 0.508 e. The molecule has 0 aliphatic rings. The molecular formula is C18H13FO2. The Bertz CT molecular complexity index is 782. The van der Waals surface area contributed by atoms with Crippen molar-refractivity contribution in [3.8, 4) is 33.8 Å². The highest BCUT2D eigenvalue weighted by molar-refractivity contribution is 5.77. The fraction of sp³-hybridized carbons (Fsp3) is 0. The number of halogens is 1. The van der Waals surface area contributed by atoms with Crippen LogP contribution in [0.25, 0.3) is 22.3 Å². The summed E-state index contributed by atoms with van der Waals surface area (Å²) in [5.41, 5.74) is 2.32. The van der Waals surface area contributed by atoms with Crippen molar-refractivity contribution in [1.82, 2.24) is 0 Å². The van der Waals surface area contributed by atoms with Crippen LogP contribution in [0.3, 0.4) is 0 Å². The number of hydrogen-bond donors (Lipinski definition) is 2. The van der Waals surface area contributed by atoms with Crippen LogP contribution in [0, 0.1) is 5.82 Å². The fourth-order valence-electron chi connectivity index (χ4n) is 2.28. The minimum Gasteiger partial charge on any atom is -0.508 e. The molecule has 104 valence electrons. The summed E-state index contributed by atoms with van der Waals surface area (Å²) >= 11 is 0. The molecule has 21 heavy (non-hydrogen) atoms. The average molecular weight is 280 g/mol. The Labute approximate surface area is 121 Å². The SMILES string of the molecule is Oc1ccc(O)c(-c2cc(-c3ccccc3)ccc2F)c1. The van der Waals surface area contributed by atoms with Gasteiger partial charge in [-0.1, -0.05) is 36.4 Å². The van der Waals surface area contributed by atoms with Crippen molar-refractivity contribution >= 4 is 0 Å². The van der Waals surface area contributed by atoms with Crippen molar-refractivity contribution in [3.63, 3.8) is 0 Å². The first kappa shape index (κ1) is 13.2. The highest BCUT2D eigenvalue weighted by Crippen LogP contribution is 2.36. The van der Waals surface area contributed by atoms with Gasteiger partial charge < -0.3 is 10.2 Å². The van der Waals surface area contributed by atoms with Gasteiger partial charge in [-0.25, -0.2) is 4.39 Å². The second kappa shape index (κ2) is 5.29. The molecule has 2 N–H and O–H groups in total. The smallest absolute Gasteiger partial charge is 0.131 e. The van der Waals surface area contributed by atoms with Gasteiger partial charge in [0.25, 0.3) is 0 Å². The van der Waals surface area contributed by atoms with Crippen LogP contribution in [0.15, 0.2) is 66.7 Å². The van der Waals surface area contributed by atoms with Crippen molar-refractivity contribution in [3.05, 3.63) is 72.5 Å². The van der Waals surface area contributed by atoms with E-state index in [0.29, 0.717) is 0 Å². The van der Waals surface area contributed by atoms with E-state index in [1.54, 1.807) is 12.1 Å². The van der Waals surface area contributed by atoms with Crippen LogP contribution in [-0.2, 0) is 0 Å². The van der Waals surface area contributed by atoms with Crippen LogP contribution in [0.2, 0.25) is 0 Å². The molecule has 0 saturated heterocycles. The van der Waals surface area contributed by atoms with E-state index in [2.05, 4.69) is 0 Å². The number of benzene rings is 3. The molecule has 0 aliphatic heterocycles. The van der Waals surface area contributed by atoms with E-state index in [1.807, 2.05) is 30.3 Å². The second-order valence-electron chi connectivity index (χ2n) is 4.76. The summed E-state index contributed by atoms with van der Waals surface area (Å²) in [6, 6.07) is 18.4. The molecule has 3 heteroatoms. The number of phenolic OH excluding ortho intramolecular Hbond substituents is 2. The van der Waals surface area contributed by atoms with Crippen molar-refractivity contribution in [2.45, 2.75) is 0 Å². The lowest BCUT2D eigenvalue weighted by atomic mass is 9.98. The van der Waals surface area contributed by atoms with Crippen LogP contribution in [0.5, 0.6) is 11.5 Å². The van der Waals surface area contributed by atoms with Crippen molar-refractivity contribution in [1.29, 1.82) is 0 Å². The van der Waals surface area contributed by atoms with Crippen molar-refractivity contribution in [2.75, 3.05) is 0 Å². The van der Waals surface area contributed by atoms with Gasteiger partial charge in [0.15, 0.2) is 0 Å². The van der Waals surface area contributed by atoms with Gasteiger partial charge in [0.05, 0.1) is 0 Å². The minimum absolute atomic E-state index is 0.0210. The van der Waals surface area contributed by atoms with E-state index >= 15 is 0 Å². The molecule has 0 amide bonds. The van der Waals surface area contributed by atoms with Crippen molar-refractivity contribution < 1.29 is 14.6 Å². The lowest BCUT2D eigenvalue weighted by Crippen LogP contribution is -1.87. The molecule has 0 aromatic heterocycles. The zero-order valence-electron chi connectivity index (χ0n) is 11.1. The summed E-state index contributed by atoms with van der Waals surface area (Å²) in [4.78, 5) is 0. The second-order valence-corrected chi connectivity index (χ2v) is 4.76. The van der Waals surface area contributed by atoms with E-state index < -0.39 is 5.82 Å². The molecule has 0 spiro atoms. The summed E-state index contributed by atoms with van der Waals surface area (Å²) in [5, 5.41) is 19.4. The number of hydrogen-bond acceptors (Lipinski definition) is 2. The summed E-state index contributed by atoms with van der Waals surface area (Å²) < 4.78 is 14.1. The van der Waals surface area contributed by atoms with Crippen LogP contribution >= 0.6 is 0 Å². The van der Waals surface area contributed by atoms with E-state index in [-0.39, 0.29) is 22.6 Å². The number of phenols is 2. The third-order valence-electron chi connectivity index (χ3n) is 3.34. The zero-order chi connectivity index (χ0) is 14.8. The first-order valence-corrected chi connectivity index (χ1v) is 6.52. The van der Waals surface area contributed by atoms with Crippen LogP contribution in [-0.4, -0.2) is 10.2 Å². The molecule has 2 nitrogen and oxygen atoms in total. The summed E-state index contributed by atoms with van der Waals surface area (Å²) in [6.07, 6.45) is 0. The van der Waals surface area contributed by atoms with E-state index in [1.165, 1.54) is 24.3 Å². The van der Waals surface area contributed by atoms with Gasteiger partial charge in [0.1, 0.15) is 17.3 Å². The minimum atomic E-state index is -0.449. The predicted octanol–water partition coefficient (Wildman–Crippen LogP) is 4.57. The highest BCUT2D eigenvalue weighted by Gasteiger charge is 2.12. The molecule has 0 saturated carbocycles. The Hall–Kier alpha value is -2.81. The predicted molar refractivity (Wildman–Crippen MR) is 80.6 cm³/mol. The quantitative estimate of drug-likeness (QED) is 0.675. The fourth-order valence-corrected chi connectivity index (χ4v) is 2.28. The Kier molecular flexibility index (Phi) is 3.32. The van der Waals surface area contributed by atoms with Crippen LogP contribution in [0.1, 0.15) is 0 Å². The molecule has 3 aromatic rings. The molecule has 0 heterocycles. The molecule has 3 rings (SSSR count). The topological polar surface area (TPSA) is 40.5 Å². The standard InChI is InChI=1S/C18H13FO2/c19-17-8-6-13(12-4-2-1-3-5-12)10-15(17)16-11-14(20)7-9-18(16)21/h1-11,20-21H. The summed E-state index contributed by atoms with van der Waals surface area (Å²) in [6.45, 7) is 0. The Morgan fingerprint density at radius 3 is 2.19 bits per heavy atom. The van der Waals surface area contributed by atoms with Gasteiger partial charge in [-0.05, 0) is 41.5 Å². The van der Waals surface area contributed by atoms with Gasteiger partial charge >= 0.3 is 0 Å².